The molecule has 2 aliphatic rings. The van der Waals surface area contributed by atoms with Gasteiger partial charge in [0.15, 0.2) is 0 Å². The number of carbonyl (C=O) groups is 2. The van der Waals surface area contributed by atoms with E-state index < -0.39 is 11.0 Å². The maximum absolute atomic E-state index is 12.2. The van der Waals surface area contributed by atoms with Gasteiger partial charge in [-0.1, -0.05) is 30.3 Å². The summed E-state index contributed by atoms with van der Waals surface area (Å²) in [5, 5.41) is 0. The van der Waals surface area contributed by atoms with Gasteiger partial charge in [-0.05, 0) is 38.7 Å². The topological polar surface area (TPSA) is 43.4 Å². The zero-order valence-corrected chi connectivity index (χ0v) is 12.0. The van der Waals surface area contributed by atoms with Gasteiger partial charge in [-0.25, -0.2) is 0 Å². The van der Waals surface area contributed by atoms with Crippen LogP contribution in [0.2, 0.25) is 0 Å². The lowest BCUT2D eigenvalue weighted by molar-refractivity contribution is -0.152. The molecule has 0 radical (unpaired) electrons. The summed E-state index contributed by atoms with van der Waals surface area (Å²) in [7, 11) is 0. The first-order valence-corrected chi connectivity index (χ1v) is 7.27. The van der Waals surface area contributed by atoms with E-state index in [2.05, 4.69) is 12.1 Å². The van der Waals surface area contributed by atoms with Gasteiger partial charge in [0.05, 0.1) is 0 Å². The van der Waals surface area contributed by atoms with Crippen LogP contribution in [0.4, 0.5) is 0 Å². The van der Waals surface area contributed by atoms with Crippen molar-refractivity contribution in [3.05, 3.63) is 35.9 Å². The number of aryl methyl sites for hydroxylation is 1. The van der Waals surface area contributed by atoms with E-state index in [0.29, 0.717) is 12.8 Å². The fraction of sp³-hybridized carbons (Fsp3) is 0.529. The van der Waals surface area contributed by atoms with E-state index in [9.17, 15) is 9.59 Å². The molecular weight excluding hydrogens is 252 g/mol. The maximum Gasteiger partial charge on any atom is 0.320 e. The van der Waals surface area contributed by atoms with Gasteiger partial charge in [-0.2, -0.15) is 0 Å². The Bertz CT molecular complexity index is 551. The molecule has 0 spiro atoms. The lowest BCUT2D eigenvalue weighted by Crippen LogP contribution is -2.47. The number of rotatable bonds is 3. The summed E-state index contributed by atoms with van der Waals surface area (Å²) in [5.74, 6) is -0.278. The van der Waals surface area contributed by atoms with Crippen LogP contribution in [0.5, 0.6) is 0 Å². The van der Waals surface area contributed by atoms with Crippen molar-refractivity contribution in [2.75, 3.05) is 0 Å². The first kappa shape index (κ1) is 13.3. The Labute approximate surface area is 119 Å². The molecule has 3 heteroatoms. The van der Waals surface area contributed by atoms with Crippen LogP contribution in [0.3, 0.4) is 0 Å². The average molecular weight is 272 g/mol. The van der Waals surface area contributed by atoms with E-state index in [1.54, 1.807) is 6.92 Å². The summed E-state index contributed by atoms with van der Waals surface area (Å²) in [5.41, 5.74) is -0.152. The zero-order valence-electron chi connectivity index (χ0n) is 12.0. The number of esters is 1. The summed E-state index contributed by atoms with van der Waals surface area (Å²) in [6.07, 6.45) is 2.81. The standard InChI is InChI=1S/C17H20O3/c1-16-11-10-14(18)17(2,15(19)20-16)13(16)9-8-12-6-4-3-5-7-12/h3-7,13H,8-11H2,1-2H3/t13-,16+,17+/m0/s1. The summed E-state index contributed by atoms with van der Waals surface area (Å²) in [4.78, 5) is 24.4. The Balaban J connectivity index is 1.84. The molecule has 0 aromatic heterocycles. The molecule has 3 nitrogen and oxygen atoms in total. The molecule has 1 saturated carbocycles. The van der Waals surface area contributed by atoms with E-state index in [-0.39, 0.29) is 17.7 Å². The molecule has 2 bridgehead atoms. The summed E-state index contributed by atoms with van der Waals surface area (Å²) < 4.78 is 5.59. The largest absolute Gasteiger partial charge is 0.458 e. The fourth-order valence-electron chi connectivity index (χ4n) is 3.85. The highest BCUT2D eigenvalue weighted by molar-refractivity contribution is 6.06. The Morgan fingerprint density at radius 1 is 1.20 bits per heavy atom. The van der Waals surface area contributed by atoms with E-state index >= 15 is 0 Å². The molecule has 1 aliphatic carbocycles. The molecule has 1 aromatic carbocycles. The third kappa shape index (κ3) is 1.80. The van der Waals surface area contributed by atoms with Crippen LogP contribution in [-0.4, -0.2) is 17.4 Å². The molecule has 3 rings (SSSR count). The van der Waals surface area contributed by atoms with E-state index in [1.807, 2.05) is 25.1 Å². The smallest absolute Gasteiger partial charge is 0.320 e. The van der Waals surface area contributed by atoms with Crippen LogP contribution in [0.1, 0.15) is 38.7 Å². The second-order valence-corrected chi connectivity index (χ2v) is 6.40. The minimum Gasteiger partial charge on any atom is -0.458 e. The van der Waals surface area contributed by atoms with Crippen molar-refractivity contribution in [2.45, 2.75) is 45.1 Å². The van der Waals surface area contributed by atoms with Crippen molar-refractivity contribution < 1.29 is 14.3 Å². The monoisotopic (exact) mass is 272 g/mol. The molecular formula is C17H20O3. The molecule has 106 valence electrons. The third-order valence-corrected chi connectivity index (χ3v) is 5.18. The number of hydrogen-bond acceptors (Lipinski definition) is 3. The normalized spacial score (nSPS) is 36.0. The lowest BCUT2D eigenvalue weighted by atomic mass is 9.61. The van der Waals surface area contributed by atoms with Crippen molar-refractivity contribution in [1.82, 2.24) is 0 Å². The number of fused-ring (bicyclic) bond motifs is 2. The van der Waals surface area contributed by atoms with Crippen molar-refractivity contribution in [1.29, 1.82) is 0 Å². The Kier molecular flexibility index (Phi) is 2.96. The van der Waals surface area contributed by atoms with Crippen LogP contribution in [0.15, 0.2) is 30.3 Å². The number of ether oxygens (including phenoxy) is 1. The SMILES string of the molecule is C[C@@]12C(=O)CC[C@@](C)(OC1=O)[C@@H]2CCc1ccccc1. The van der Waals surface area contributed by atoms with Gasteiger partial charge >= 0.3 is 5.97 Å². The van der Waals surface area contributed by atoms with Gasteiger partial charge < -0.3 is 4.74 Å². The predicted octanol–water partition coefficient (Wildman–Crippen LogP) is 2.92. The lowest BCUT2D eigenvalue weighted by Gasteiger charge is -2.38. The highest BCUT2D eigenvalue weighted by atomic mass is 16.6. The van der Waals surface area contributed by atoms with Crippen LogP contribution in [-0.2, 0) is 20.7 Å². The maximum atomic E-state index is 12.2. The Morgan fingerprint density at radius 3 is 2.60 bits per heavy atom. The molecule has 1 heterocycles. The first-order chi connectivity index (χ1) is 9.47. The van der Waals surface area contributed by atoms with Crippen LogP contribution < -0.4 is 0 Å². The van der Waals surface area contributed by atoms with E-state index in [4.69, 9.17) is 4.74 Å². The molecule has 0 amide bonds. The van der Waals surface area contributed by atoms with Gasteiger partial charge in [0.2, 0.25) is 0 Å². The second-order valence-electron chi connectivity index (χ2n) is 6.40. The Morgan fingerprint density at radius 2 is 1.90 bits per heavy atom. The number of ketones is 1. The summed E-state index contributed by atoms with van der Waals surface area (Å²) in [6, 6.07) is 10.2. The molecule has 1 aromatic rings. The number of hydrogen-bond donors (Lipinski definition) is 0. The average Bonchev–Trinajstić information content (AvgIpc) is 2.58. The van der Waals surface area contributed by atoms with Crippen molar-refractivity contribution in [2.24, 2.45) is 11.3 Å². The first-order valence-electron chi connectivity index (χ1n) is 7.27. The van der Waals surface area contributed by atoms with Crippen molar-refractivity contribution >= 4 is 11.8 Å². The molecule has 3 atom stereocenters. The van der Waals surface area contributed by atoms with Gasteiger partial charge in [-0.3, -0.25) is 9.59 Å². The summed E-state index contributed by atoms with van der Waals surface area (Å²) in [6.45, 7) is 3.76. The zero-order chi connectivity index (χ0) is 14.4. The molecule has 0 unspecified atom stereocenters. The van der Waals surface area contributed by atoms with Gasteiger partial charge in [-0.15, -0.1) is 0 Å². The van der Waals surface area contributed by atoms with Crippen molar-refractivity contribution in [3.8, 4) is 0 Å². The summed E-state index contributed by atoms with van der Waals surface area (Å²) >= 11 is 0. The van der Waals surface area contributed by atoms with Gasteiger partial charge in [0.1, 0.15) is 16.8 Å². The molecule has 20 heavy (non-hydrogen) atoms. The van der Waals surface area contributed by atoms with E-state index in [0.717, 1.165) is 12.8 Å². The fourth-order valence-corrected chi connectivity index (χ4v) is 3.85. The number of carbonyl (C=O) groups excluding carboxylic acids is 2. The predicted molar refractivity (Wildman–Crippen MR) is 75.1 cm³/mol. The molecule has 1 aliphatic heterocycles. The Hall–Kier alpha value is -1.64. The van der Waals surface area contributed by atoms with Gasteiger partial charge in [0, 0.05) is 12.3 Å². The highest BCUT2D eigenvalue weighted by Crippen LogP contribution is 2.54. The minimum atomic E-state index is -0.929. The highest BCUT2D eigenvalue weighted by Gasteiger charge is 2.65. The number of benzene rings is 1. The quantitative estimate of drug-likeness (QED) is 0.627. The van der Waals surface area contributed by atoms with Crippen LogP contribution in [0, 0.1) is 11.3 Å². The molecule has 2 fully saturated rings. The molecule has 0 N–H and O–H groups in total. The minimum absolute atomic E-state index is 0.0102. The van der Waals surface area contributed by atoms with Gasteiger partial charge in [0.25, 0.3) is 0 Å². The van der Waals surface area contributed by atoms with Crippen LogP contribution >= 0.6 is 0 Å². The number of Topliss-reactive ketones (excluding diaryl/α,β-unsaturated/α-hetero) is 1. The second kappa shape index (κ2) is 4.44. The third-order valence-electron chi connectivity index (χ3n) is 5.18. The van der Waals surface area contributed by atoms with E-state index in [1.165, 1.54) is 5.56 Å². The van der Waals surface area contributed by atoms with Crippen molar-refractivity contribution in [3.63, 3.8) is 0 Å². The van der Waals surface area contributed by atoms with Crippen LogP contribution in [0.25, 0.3) is 0 Å². The molecule has 1 saturated heterocycles.